The zero-order valence-corrected chi connectivity index (χ0v) is 7.63. The molecule has 12 heavy (non-hydrogen) atoms. The molecule has 0 saturated heterocycles. The van der Waals surface area contributed by atoms with Crippen molar-refractivity contribution < 1.29 is 9.63 Å². The number of hydrogen-bond donors (Lipinski definition) is 0. The molecule has 0 radical (unpaired) electrons. The van der Waals surface area contributed by atoms with Gasteiger partial charge in [-0.1, -0.05) is 23.4 Å². The van der Waals surface area contributed by atoms with Crippen molar-refractivity contribution in [2.75, 3.05) is 0 Å². The van der Waals surface area contributed by atoms with Crippen LogP contribution in [-0.2, 0) is 4.79 Å². The Morgan fingerprint density at radius 3 is 2.92 bits per heavy atom. The lowest BCUT2D eigenvalue weighted by Crippen LogP contribution is -2.18. The summed E-state index contributed by atoms with van der Waals surface area (Å²) < 4.78 is 0. The van der Waals surface area contributed by atoms with Crippen LogP contribution in [-0.4, -0.2) is 15.9 Å². The van der Waals surface area contributed by atoms with E-state index in [9.17, 15) is 4.79 Å². The summed E-state index contributed by atoms with van der Waals surface area (Å²) in [5.74, 6) is -0.339. The zero-order chi connectivity index (χ0) is 9.14. The van der Waals surface area contributed by atoms with Crippen LogP contribution < -0.4 is 4.84 Å². The van der Waals surface area contributed by atoms with Crippen LogP contribution >= 0.6 is 11.6 Å². The van der Waals surface area contributed by atoms with Crippen LogP contribution in [0.15, 0.2) is 6.20 Å². The van der Waals surface area contributed by atoms with E-state index in [2.05, 4.69) is 5.10 Å². The minimum Gasteiger partial charge on any atom is -0.319 e. The van der Waals surface area contributed by atoms with Crippen molar-refractivity contribution in [2.45, 2.75) is 20.3 Å². The SMILES string of the molecule is CCC(=O)On1cc(Cl)c(C)n1. The standard InChI is InChI=1S/C7H9ClN2O2/c1-3-7(11)12-10-4-6(8)5(2)9-10/h4H,3H2,1-2H3. The molecule has 0 amide bonds. The number of carbonyl (C=O) groups excluding carboxylic acids is 1. The number of aryl methyl sites for hydroxylation is 1. The molecule has 1 heterocycles. The Hall–Kier alpha value is -1.03. The first kappa shape index (κ1) is 9.06. The first-order valence-corrected chi connectivity index (χ1v) is 3.94. The number of carbonyl (C=O) groups is 1. The van der Waals surface area contributed by atoms with Gasteiger partial charge < -0.3 is 4.84 Å². The Labute approximate surface area is 75.0 Å². The molecule has 0 bridgehead atoms. The summed E-state index contributed by atoms with van der Waals surface area (Å²) in [7, 11) is 0. The fourth-order valence-corrected chi connectivity index (χ4v) is 0.752. The van der Waals surface area contributed by atoms with Crippen LogP contribution in [0.4, 0.5) is 0 Å². The smallest absolute Gasteiger partial charge is 0.319 e. The molecule has 0 atom stereocenters. The molecule has 0 aliphatic rings. The molecule has 0 aliphatic heterocycles. The van der Waals surface area contributed by atoms with Gasteiger partial charge in [0.05, 0.1) is 16.9 Å². The average molecular weight is 189 g/mol. The van der Waals surface area contributed by atoms with Gasteiger partial charge in [-0.25, -0.2) is 4.79 Å². The Kier molecular flexibility index (Phi) is 2.70. The highest BCUT2D eigenvalue weighted by molar-refractivity contribution is 6.31. The molecule has 0 fully saturated rings. The fraction of sp³-hybridized carbons (Fsp3) is 0.429. The molecule has 0 saturated carbocycles. The molecule has 1 rings (SSSR count). The molecule has 0 spiro atoms. The second-order valence-corrected chi connectivity index (χ2v) is 2.69. The van der Waals surface area contributed by atoms with E-state index in [-0.39, 0.29) is 5.97 Å². The van der Waals surface area contributed by atoms with Crippen molar-refractivity contribution in [1.29, 1.82) is 0 Å². The van der Waals surface area contributed by atoms with Gasteiger partial charge in [-0.05, 0) is 6.92 Å². The minimum absolute atomic E-state index is 0.316. The third-order valence-electron chi connectivity index (χ3n) is 1.30. The summed E-state index contributed by atoms with van der Waals surface area (Å²) in [6, 6.07) is 0. The molecule has 1 aromatic heterocycles. The summed E-state index contributed by atoms with van der Waals surface area (Å²) in [6.07, 6.45) is 1.76. The highest BCUT2D eigenvalue weighted by atomic mass is 35.5. The minimum atomic E-state index is -0.339. The van der Waals surface area contributed by atoms with E-state index in [0.29, 0.717) is 17.1 Å². The largest absolute Gasteiger partial charge is 0.334 e. The van der Waals surface area contributed by atoms with Crippen LogP contribution in [0.3, 0.4) is 0 Å². The van der Waals surface area contributed by atoms with Crippen LogP contribution in [0, 0.1) is 6.92 Å². The molecule has 5 heteroatoms. The Balaban J connectivity index is 2.70. The molecular formula is C7H9ClN2O2. The highest BCUT2D eigenvalue weighted by Crippen LogP contribution is 2.10. The topological polar surface area (TPSA) is 44.1 Å². The highest BCUT2D eigenvalue weighted by Gasteiger charge is 2.05. The van der Waals surface area contributed by atoms with Gasteiger partial charge in [0.25, 0.3) is 0 Å². The molecule has 66 valence electrons. The number of nitrogens with zero attached hydrogens (tertiary/aromatic N) is 2. The lowest BCUT2D eigenvalue weighted by Gasteiger charge is -1.98. The summed E-state index contributed by atoms with van der Waals surface area (Å²) in [5.41, 5.74) is 0.639. The predicted octanol–water partition coefficient (Wildman–Crippen LogP) is 1.21. The number of aromatic nitrogens is 2. The number of hydrogen-bond acceptors (Lipinski definition) is 3. The first-order valence-electron chi connectivity index (χ1n) is 3.56. The quantitative estimate of drug-likeness (QED) is 0.701. The van der Waals surface area contributed by atoms with E-state index in [4.69, 9.17) is 16.4 Å². The molecule has 0 N–H and O–H groups in total. The van der Waals surface area contributed by atoms with Crippen molar-refractivity contribution in [3.8, 4) is 0 Å². The van der Waals surface area contributed by atoms with Gasteiger partial charge in [-0.15, -0.1) is 5.10 Å². The van der Waals surface area contributed by atoms with Crippen molar-refractivity contribution in [2.24, 2.45) is 0 Å². The van der Waals surface area contributed by atoms with E-state index < -0.39 is 0 Å². The lowest BCUT2D eigenvalue weighted by atomic mass is 10.5. The van der Waals surface area contributed by atoms with Crippen LogP contribution in [0.25, 0.3) is 0 Å². The average Bonchev–Trinajstić information content (AvgIpc) is 2.31. The Bertz CT molecular complexity index is 276. The van der Waals surface area contributed by atoms with Crippen molar-refractivity contribution >= 4 is 17.6 Å². The third-order valence-corrected chi connectivity index (χ3v) is 1.67. The van der Waals surface area contributed by atoms with E-state index in [1.165, 1.54) is 6.20 Å². The fourth-order valence-electron chi connectivity index (χ4n) is 0.630. The molecule has 4 nitrogen and oxygen atoms in total. The zero-order valence-electron chi connectivity index (χ0n) is 6.87. The molecule has 1 aromatic rings. The Morgan fingerprint density at radius 1 is 1.83 bits per heavy atom. The maximum atomic E-state index is 10.8. The molecular weight excluding hydrogens is 180 g/mol. The second-order valence-electron chi connectivity index (χ2n) is 2.28. The molecule has 0 aromatic carbocycles. The number of halogens is 1. The van der Waals surface area contributed by atoms with Gasteiger partial charge in [0.2, 0.25) is 0 Å². The van der Waals surface area contributed by atoms with Gasteiger partial charge in [0.15, 0.2) is 0 Å². The Morgan fingerprint density at radius 2 is 2.50 bits per heavy atom. The lowest BCUT2D eigenvalue weighted by molar-refractivity contribution is -0.145. The van der Waals surface area contributed by atoms with Gasteiger partial charge in [0, 0.05) is 6.42 Å². The molecule has 0 aliphatic carbocycles. The summed E-state index contributed by atoms with van der Waals surface area (Å²) in [6.45, 7) is 3.44. The molecule has 0 unspecified atom stereocenters. The van der Waals surface area contributed by atoms with Gasteiger partial charge in [-0.2, -0.15) is 0 Å². The third kappa shape index (κ3) is 1.98. The van der Waals surface area contributed by atoms with Crippen LogP contribution in [0.5, 0.6) is 0 Å². The summed E-state index contributed by atoms with van der Waals surface area (Å²) >= 11 is 5.68. The first-order chi connectivity index (χ1) is 5.63. The summed E-state index contributed by atoms with van der Waals surface area (Å²) in [5, 5.41) is 4.32. The summed E-state index contributed by atoms with van der Waals surface area (Å²) in [4.78, 5) is 16.6. The normalized spacial score (nSPS) is 9.92. The van der Waals surface area contributed by atoms with Crippen molar-refractivity contribution in [3.05, 3.63) is 16.9 Å². The van der Waals surface area contributed by atoms with Crippen LogP contribution in [0.2, 0.25) is 5.02 Å². The van der Waals surface area contributed by atoms with Gasteiger partial charge >= 0.3 is 5.97 Å². The van der Waals surface area contributed by atoms with Gasteiger partial charge in [0.1, 0.15) is 0 Å². The second kappa shape index (κ2) is 3.58. The predicted molar refractivity (Wildman–Crippen MR) is 43.9 cm³/mol. The van der Waals surface area contributed by atoms with Crippen molar-refractivity contribution in [1.82, 2.24) is 9.94 Å². The van der Waals surface area contributed by atoms with E-state index in [1.54, 1.807) is 13.8 Å². The maximum absolute atomic E-state index is 10.8. The van der Waals surface area contributed by atoms with Crippen LogP contribution in [0.1, 0.15) is 19.0 Å². The van der Waals surface area contributed by atoms with E-state index >= 15 is 0 Å². The number of rotatable bonds is 2. The van der Waals surface area contributed by atoms with E-state index in [0.717, 1.165) is 4.85 Å². The monoisotopic (exact) mass is 188 g/mol. The van der Waals surface area contributed by atoms with Crippen molar-refractivity contribution in [3.63, 3.8) is 0 Å². The maximum Gasteiger partial charge on any atom is 0.334 e. The van der Waals surface area contributed by atoms with Gasteiger partial charge in [-0.3, -0.25) is 0 Å². The van der Waals surface area contributed by atoms with E-state index in [1.807, 2.05) is 0 Å².